The Morgan fingerprint density at radius 3 is 2.60 bits per heavy atom. The molecule has 3 rings (SSSR count). The molecule has 3 amide bonds. The van der Waals surface area contributed by atoms with E-state index in [-0.39, 0.29) is 44.2 Å². The number of carbonyl (C=O) groups excluding carboxylic acids is 2. The molecule has 1 aromatic rings. The van der Waals surface area contributed by atoms with Crippen molar-refractivity contribution in [2.45, 2.75) is 71.3 Å². The van der Waals surface area contributed by atoms with Crippen LogP contribution in [0.3, 0.4) is 0 Å². The van der Waals surface area contributed by atoms with Crippen LogP contribution in [0.15, 0.2) is 12.1 Å². The Kier molecular flexibility index (Phi) is 10.1. The van der Waals surface area contributed by atoms with Gasteiger partial charge in [0, 0.05) is 45.2 Å². The molecule has 2 atom stereocenters. The summed E-state index contributed by atoms with van der Waals surface area (Å²) in [5.74, 6) is 3.41. The van der Waals surface area contributed by atoms with Gasteiger partial charge in [-0.05, 0) is 52.7 Å². The highest BCUT2D eigenvalue weighted by Gasteiger charge is 2.48. The van der Waals surface area contributed by atoms with Crippen LogP contribution in [0.25, 0.3) is 0 Å². The Hall–Kier alpha value is -4.26. The minimum Gasteiger partial charge on any atom is -0.472 e. The molecule has 2 N–H and O–H groups in total. The summed E-state index contributed by atoms with van der Waals surface area (Å²) in [6.07, 6.45) is -2.86. The van der Waals surface area contributed by atoms with Gasteiger partial charge in [-0.3, -0.25) is 9.59 Å². The van der Waals surface area contributed by atoms with E-state index in [1.54, 1.807) is 20.8 Å². The summed E-state index contributed by atoms with van der Waals surface area (Å²) < 4.78 is 54.5. The van der Waals surface area contributed by atoms with Gasteiger partial charge in [0.15, 0.2) is 0 Å². The topological polar surface area (TPSA) is 112 Å². The molecule has 1 fully saturated rings. The van der Waals surface area contributed by atoms with Crippen LogP contribution in [0.5, 0.6) is 5.75 Å². The number of anilines is 1. The number of alkyl halides is 3. The van der Waals surface area contributed by atoms with Gasteiger partial charge in [0.05, 0.1) is 22.9 Å². The standard InChI is InChI=1S/C29H35F3N4O6/c1-6-10-33-11-13-35-23-15-21(25(37)36(19(3)4)20-9-8-12-34(17-20)27(39)40)22(29(30,31)32)16-24(23)42-28(5,26(35)38)18-41-14-7-2/h15-16,19-20,33H,8-9,11-13,17-18H2,1-5H3,(H,39,40)/t20-,28?/m1/s1. The minimum atomic E-state index is -4.95. The molecule has 0 bridgehead atoms. The number of rotatable bonds is 8. The van der Waals surface area contributed by atoms with Crippen molar-refractivity contribution in [2.24, 2.45) is 0 Å². The molecule has 10 nitrogen and oxygen atoms in total. The SMILES string of the molecule is CC#CNCCN1C(=O)C(C)(COC#CC)Oc2cc(C(F)(F)F)c(C(=O)N(C(C)C)[C@@H]3CCCN(C(=O)O)C3)cc21. The summed E-state index contributed by atoms with van der Waals surface area (Å²) in [5, 5.41) is 12.3. The fourth-order valence-corrected chi connectivity index (χ4v) is 5.15. The number of halogens is 3. The van der Waals surface area contributed by atoms with Gasteiger partial charge in [-0.25, -0.2) is 4.79 Å². The zero-order chi connectivity index (χ0) is 31.2. The molecule has 42 heavy (non-hydrogen) atoms. The number of amides is 3. The van der Waals surface area contributed by atoms with Crippen LogP contribution in [0.1, 0.15) is 63.4 Å². The zero-order valence-corrected chi connectivity index (χ0v) is 24.2. The van der Waals surface area contributed by atoms with Gasteiger partial charge in [-0.15, -0.1) is 0 Å². The van der Waals surface area contributed by atoms with Crippen molar-refractivity contribution >= 4 is 23.6 Å². The van der Waals surface area contributed by atoms with Gasteiger partial charge >= 0.3 is 12.3 Å². The van der Waals surface area contributed by atoms with Crippen molar-refractivity contribution < 1.29 is 42.1 Å². The van der Waals surface area contributed by atoms with Gasteiger partial charge in [-0.2, -0.15) is 13.2 Å². The Morgan fingerprint density at radius 2 is 2.00 bits per heavy atom. The number of hydrogen-bond donors (Lipinski definition) is 2. The van der Waals surface area contributed by atoms with E-state index in [2.05, 4.69) is 29.3 Å². The molecule has 1 aromatic carbocycles. The van der Waals surface area contributed by atoms with Crippen LogP contribution in [0, 0.1) is 24.0 Å². The molecule has 0 aliphatic carbocycles. The maximum atomic E-state index is 14.5. The third-order valence-corrected chi connectivity index (χ3v) is 7.01. The number of likely N-dealkylation sites (tertiary alicyclic amines) is 1. The number of benzene rings is 1. The molecule has 0 radical (unpaired) electrons. The van der Waals surface area contributed by atoms with E-state index in [0.29, 0.717) is 12.8 Å². The molecule has 0 aromatic heterocycles. The van der Waals surface area contributed by atoms with Crippen molar-refractivity contribution in [2.75, 3.05) is 37.7 Å². The number of fused-ring (bicyclic) bond motifs is 1. The largest absolute Gasteiger partial charge is 0.472 e. The summed E-state index contributed by atoms with van der Waals surface area (Å²) in [7, 11) is 0. The van der Waals surface area contributed by atoms with Crippen molar-refractivity contribution in [1.82, 2.24) is 15.1 Å². The second-order valence-electron chi connectivity index (χ2n) is 10.4. The van der Waals surface area contributed by atoms with Crippen LogP contribution in [0.4, 0.5) is 23.7 Å². The Bertz CT molecular complexity index is 1330. The molecule has 1 unspecified atom stereocenters. The first-order valence-corrected chi connectivity index (χ1v) is 13.5. The van der Waals surface area contributed by atoms with Gasteiger partial charge in [-0.1, -0.05) is 11.8 Å². The van der Waals surface area contributed by atoms with Crippen LogP contribution in [0.2, 0.25) is 0 Å². The fourth-order valence-electron chi connectivity index (χ4n) is 5.15. The van der Waals surface area contributed by atoms with E-state index in [0.717, 1.165) is 17.0 Å². The van der Waals surface area contributed by atoms with Crippen LogP contribution in [-0.4, -0.2) is 83.3 Å². The second-order valence-corrected chi connectivity index (χ2v) is 10.4. The van der Waals surface area contributed by atoms with Gasteiger partial charge < -0.3 is 34.6 Å². The van der Waals surface area contributed by atoms with Crippen LogP contribution >= 0.6 is 0 Å². The van der Waals surface area contributed by atoms with E-state index >= 15 is 0 Å². The minimum absolute atomic E-state index is 0.00199. The van der Waals surface area contributed by atoms with Crippen LogP contribution in [-0.2, 0) is 15.7 Å². The summed E-state index contributed by atoms with van der Waals surface area (Å²) in [5.41, 5.74) is -3.61. The molecule has 2 aliphatic rings. The Morgan fingerprint density at radius 1 is 1.29 bits per heavy atom. The van der Waals surface area contributed by atoms with Crippen LogP contribution < -0.4 is 15.0 Å². The van der Waals surface area contributed by atoms with Crippen molar-refractivity contribution in [3.63, 3.8) is 0 Å². The zero-order valence-electron chi connectivity index (χ0n) is 24.2. The fraction of sp³-hybridized carbons (Fsp3) is 0.552. The lowest BCUT2D eigenvalue weighted by atomic mass is 9.96. The van der Waals surface area contributed by atoms with Crippen molar-refractivity contribution in [3.8, 4) is 29.7 Å². The predicted octanol–water partition coefficient (Wildman–Crippen LogP) is 3.75. The van der Waals surface area contributed by atoms with E-state index in [1.165, 1.54) is 23.6 Å². The second kappa shape index (κ2) is 13.1. The summed E-state index contributed by atoms with van der Waals surface area (Å²) in [6.45, 7) is 7.93. The summed E-state index contributed by atoms with van der Waals surface area (Å²) >= 11 is 0. The van der Waals surface area contributed by atoms with Gasteiger partial charge in [0.2, 0.25) is 5.60 Å². The number of hydrogen-bond acceptors (Lipinski definition) is 6. The molecule has 0 saturated carbocycles. The third kappa shape index (κ3) is 6.96. The highest BCUT2D eigenvalue weighted by Crippen LogP contribution is 2.44. The smallest absolute Gasteiger partial charge is 0.417 e. The van der Waals surface area contributed by atoms with Gasteiger partial charge in [0.25, 0.3) is 11.8 Å². The molecular formula is C29H35F3N4O6. The highest BCUT2D eigenvalue weighted by molar-refractivity contribution is 6.05. The number of nitrogens with zero attached hydrogens (tertiary/aromatic N) is 3. The molecule has 13 heteroatoms. The number of nitrogens with one attached hydrogen (secondary N) is 1. The average Bonchev–Trinajstić information content (AvgIpc) is 2.92. The summed E-state index contributed by atoms with van der Waals surface area (Å²) in [4.78, 5) is 42.9. The first-order valence-electron chi connectivity index (χ1n) is 13.5. The lowest BCUT2D eigenvalue weighted by Gasteiger charge is -2.42. The number of carboxylic acid groups (broad SMARTS) is 1. The Labute approximate surface area is 243 Å². The lowest BCUT2D eigenvalue weighted by molar-refractivity contribution is -0.139. The number of ether oxygens (including phenoxy) is 2. The molecule has 2 heterocycles. The van der Waals surface area contributed by atoms with E-state index in [9.17, 15) is 32.7 Å². The average molecular weight is 593 g/mol. The normalized spacial score (nSPS) is 19.9. The number of carbonyl (C=O) groups is 3. The molecular weight excluding hydrogens is 557 g/mol. The maximum absolute atomic E-state index is 14.5. The maximum Gasteiger partial charge on any atom is 0.417 e. The molecule has 1 saturated heterocycles. The number of piperidine rings is 1. The van der Waals surface area contributed by atoms with E-state index in [1.807, 2.05) is 0 Å². The van der Waals surface area contributed by atoms with E-state index < -0.39 is 52.9 Å². The van der Waals surface area contributed by atoms with Crippen molar-refractivity contribution in [1.29, 1.82) is 0 Å². The first kappa shape index (κ1) is 32.3. The highest BCUT2D eigenvalue weighted by atomic mass is 19.4. The lowest BCUT2D eigenvalue weighted by Crippen LogP contribution is -2.58. The quantitative estimate of drug-likeness (QED) is 0.269. The third-order valence-electron chi connectivity index (χ3n) is 7.01. The molecule has 2 aliphatic heterocycles. The Balaban J connectivity index is 2.14. The molecule has 0 spiro atoms. The van der Waals surface area contributed by atoms with Gasteiger partial charge in [0.1, 0.15) is 18.5 Å². The monoisotopic (exact) mass is 592 g/mol. The predicted molar refractivity (Wildman–Crippen MR) is 148 cm³/mol. The van der Waals surface area contributed by atoms with Crippen molar-refractivity contribution in [3.05, 3.63) is 23.3 Å². The summed E-state index contributed by atoms with van der Waals surface area (Å²) in [6, 6.07) is 3.24. The molecule has 228 valence electrons. The first-order chi connectivity index (χ1) is 19.7. The van der Waals surface area contributed by atoms with E-state index in [4.69, 9.17) is 9.47 Å².